The van der Waals surface area contributed by atoms with E-state index in [1.165, 1.54) is 0 Å². The Bertz CT molecular complexity index is 322. The Morgan fingerprint density at radius 3 is 2.33 bits per heavy atom. The summed E-state index contributed by atoms with van der Waals surface area (Å²) in [6.07, 6.45) is 2.42. The van der Waals surface area contributed by atoms with Crippen molar-refractivity contribution in [2.45, 2.75) is 45.0 Å². The van der Waals surface area contributed by atoms with Gasteiger partial charge in [0.05, 0.1) is 43.9 Å². The molecule has 2 unspecified atom stereocenters. The number of ether oxygens (including phenoxy) is 3. The maximum Gasteiger partial charge on any atom is 0.234 e. The van der Waals surface area contributed by atoms with Crippen molar-refractivity contribution >= 4 is 19.7 Å². The van der Waals surface area contributed by atoms with Crippen LogP contribution in [0, 0.1) is 0 Å². The summed E-state index contributed by atoms with van der Waals surface area (Å²) in [5.41, 5.74) is 0. The number of hydrogen-bond acceptors (Lipinski definition) is 5. The van der Waals surface area contributed by atoms with Gasteiger partial charge in [0.15, 0.2) is 0 Å². The predicted molar refractivity (Wildman–Crippen MR) is 69.4 cm³/mol. The van der Waals surface area contributed by atoms with Crippen LogP contribution >= 0.6 is 10.7 Å². The van der Waals surface area contributed by atoms with E-state index in [0.717, 1.165) is 12.8 Å². The fourth-order valence-corrected chi connectivity index (χ4v) is 2.52. The van der Waals surface area contributed by atoms with Gasteiger partial charge in [-0.25, -0.2) is 8.42 Å². The standard InChI is InChI=1S/C11H21ClO5S/c1-9-7-11(8-10(2)17-9)16-4-3-15-5-6-18(12,13)14/h9-11H,3-8H2,1-2H3. The zero-order valence-electron chi connectivity index (χ0n) is 10.8. The maximum atomic E-state index is 10.6. The van der Waals surface area contributed by atoms with E-state index in [4.69, 9.17) is 24.9 Å². The van der Waals surface area contributed by atoms with Crippen LogP contribution in [0.5, 0.6) is 0 Å². The van der Waals surface area contributed by atoms with Crippen molar-refractivity contribution in [2.75, 3.05) is 25.6 Å². The Morgan fingerprint density at radius 1 is 1.17 bits per heavy atom. The molecule has 0 N–H and O–H groups in total. The second-order valence-corrected chi connectivity index (χ2v) is 7.47. The van der Waals surface area contributed by atoms with Gasteiger partial charge >= 0.3 is 0 Å². The highest BCUT2D eigenvalue weighted by Crippen LogP contribution is 2.21. The molecule has 2 atom stereocenters. The highest BCUT2D eigenvalue weighted by Gasteiger charge is 2.24. The van der Waals surface area contributed by atoms with Crippen molar-refractivity contribution in [3.05, 3.63) is 0 Å². The molecule has 0 radical (unpaired) electrons. The molecule has 0 amide bonds. The van der Waals surface area contributed by atoms with Crippen molar-refractivity contribution in [1.29, 1.82) is 0 Å². The molecule has 1 aliphatic heterocycles. The van der Waals surface area contributed by atoms with Crippen molar-refractivity contribution in [3.8, 4) is 0 Å². The molecule has 0 aliphatic carbocycles. The molecular formula is C11H21ClO5S. The third-order valence-corrected chi connectivity index (χ3v) is 3.82. The molecule has 1 saturated heterocycles. The van der Waals surface area contributed by atoms with Gasteiger partial charge in [-0.05, 0) is 26.7 Å². The minimum Gasteiger partial charge on any atom is -0.378 e. The lowest BCUT2D eigenvalue weighted by Crippen LogP contribution is -2.34. The van der Waals surface area contributed by atoms with Crippen LogP contribution < -0.4 is 0 Å². The molecule has 1 fully saturated rings. The van der Waals surface area contributed by atoms with E-state index in [0.29, 0.717) is 13.2 Å². The Balaban J connectivity index is 2.04. The minimum atomic E-state index is -3.46. The second kappa shape index (κ2) is 7.65. The summed E-state index contributed by atoms with van der Waals surface area (Å²) in [5.74, 6) is -0.167. The van der Waals surface area contributed by atoms with Crippen molar-refractivity contribution in [3.63, 3.8) is 0 Å². The van der Waals surface area contributed by atoms with Gasteiger partial charge in [0, 0.05) is 10.7 Å². The summed E-state index contributed by atoms with van der Waals surface area (Å²) in [6.45, 7) is 5.02. The Morgan fingerprint density at radius 2 is 1.78 bits per heavy atom. The average Bonchev–Trinajstić information content (AvgIpc) is 2.20. The first-order valence-corrected chi connectivity index (χ1v) is 8.62. The van der Waals surface area contributed by atoms with Crippen LogP contribution in [-0.2, 0) is 23.3 Å². The van der Waals surface area contributed by atoms with E-state index in [2.05, 4.69) is 0 Å². The molecule has 0 aromatic rings. The number of hydrogen-bond donors (Lipinski definition) is 0. The van der Waals surface area contributed by atoms with Gasteiger partial charge in [-0.2, -0.15) is 0 Å². The molecule has 7 heteroatoms. The third-order valence-electron chi connectivity index (χ3n) is 2.71. The molecule has 5 nitrogen and oxygen atoms in total. The predicted octanol–water partition coefficient (Wildman–Crippen LogP) is 1.54. The monoisotopic (exact) mass is 300 g/mol. The maximum absolute atomic E-state index is 10.6. The van der Waals surface area contributed by atoms with Crippen LogP contribution in [0.4, 0.5) is 0 Å². The average molecular weight is 301 g/mol. The number of halogens is 1. The molecule has 0 spiro atoms. The Labute approximate surface area is 113 Å². The zero-order valence-corrected chi connectivity index (χ0v) is 12.4. The quantitative estimate of drug-likeness (QED) is 0.527. The summed E-state index contributed by atoms with van der Waals surface area (Å²) in [6, 6.07) is 0. The molecule has 1 aliphatic rings. The van der Waals surface area contributed by atoms with Crippen LogP contribution in [0.25, 0.3) is 0 Å². The zero-order chi connectivity index (χ0) is 13.6. The van der Waals surface area contributed by atoms with Gasteiger partial charge in [0.1, 0.15) is 0 Å². The van der Waals surface area contributed by atoms with E-state index in [-0.39, 0.29) is 30.7 Å². The molecule has 0 bridgehead atoms. The molecule has 108 valence electrons. The first-order chi connectivity index (χ1) is 8.37. The molecule has 1 heterocycles. The highest BCUT2D eigenvalue weighted by molar-refractivity contribution is 8.13. The number of rotatable bonds is 7. The fraction of sp³-hybridized carbons (Fsp3) is 1.00. The largest absolute Gasteiger partial charge is 0.378 e. The van der Waals surface area contributed by atoms with E-state index < -0.39 is 9.05 Å². The van der Waals surface area contributed by atoms with Crippen molar-refractivity contribution < 1.29 is 22.6 Å². The minimum absolute atomic E-state index is 0.107. The smallest absolute Gasteiger partial charge is 0.234 e. The lowest BCUT2D eigenvalue weighted by Gasteiger charge is -2.31. The Kier molecular flexibility index (Phi) is 6.87. The molecule has 0 saturated carbocycles. The summed E-state index contributed by atoms with van der Waals surface area (Å²) >= 11 is 0. The van der Waals surface area contributed by atoms with Gasteiger partial charge in [-0.1, -0.05) is 0 Å². The van der Waals surface area contributed by atoms with Gasteiger partial charge in [-0.15, -0.1) is 0 Å². The first kappa shape index (κ1) is 16.2. The van der Waals surface area contributed by atoms with Crippen LogP contribution in [0.2, 0.25) is 0 Å². The molecule has 1 rings (SSSR count). The molecular weight excluding hydrogens is 280 g/mol. The van der Waals surface area contributed by atoms with E-state index in [1.807, 2.05) is 13.8 Å². The summed E-state index contributed by atoms with van der Waals surface area (Å²) in [7, 11) is 1.59. The third kappa shape index (κ3) is 7.53. The first-order valence-electron chi connectivity index (χ1n) is 6.14. The Hall–Kier alpha value is 0.120. The van der Waals surface area contributed by atoms with Crippen LogP contribution in [0.15, 0.2) is 0 Å². The fourth-order valence-electron chi connectivity index (χ4n) is 2.01. The molecule has 18 heavy (non-hydrogen) atoms. The SMILES string of the molecule is CC1CC(OCCOCCS(=O)(=O)Cl)CC(C)O1. The van der Waals surface area contributed by atoms with Gasteiger partial charge < -0.3 is 14.2 Å². The van der Waals surface area contributed by atoms with Gasteiger partial charge in [-0.3, -0.25) is 0 Å². The lowest BCUT2D eigenvalue weighted by molar-refractivity contribution is -0.108. The van der Waals surface area contributed by atoms with Crippen molar-refractivity contribution in [1.82, 2.24) is 0 Å². The molecule has 0 aromatic carbocycles. The van der Waals surface area contributed by atoms with E-state index >= 15 is 0 Å². The summed E-state index contributed by atoms with van der Waals surface area (Å²) < 4.78 is 37.7. The normalized spacial score (nSPS) is 29.4. The molecule has 0 aromatic heterocycles. The topological polar surface area (TPSA) is 61.8 Å². The van der Waals surface area contributed by atoms with Crippen LogP contribution in [0.3, 0.4) is 0 Å². The summed E-state index contributed by atoms with van der Waals surface area (Å²) in [5, 5.41) is 0. The van der Waals surface area contributed by atoms with E-state index in [9.17, 15) is 8.42 Å². The second-order valence-electron chi connectivity index (χ2n) is 4.58. The van der Waals surface area contributed by atoms with Gasteiger partial charge in [0.2, 0.25) is 9.05 Å². The highest BCUT2D eigenvalue weighted by atomic mass is 35.7. The summed E-state index contributed by atoms with van der Waals surface area (Å²) in [4.78, 5) is 0. The van der Waals surface area contributed by atoms with Crippen molar-refractivity contribution in [2.24, 2.45) is 0 Å². The lowest BCUT2D eigenvalue weighted by atomic mass is 10.0. The van der Waals surface area contributed by atoms with E-state index in [1.54, 1.807) is 0 Å². The van der Waals surface area contributed by atoms with Crippen LogP contribution in [0.1, 0.15) is 26.7 Å². The van der Waals surface area contributed by atoms with Crippen LogP contribution in [-0.4, -0.2) is 52.3 Å². The van der Waals surface area contributed by atoms with Gasteiger partial charge in [0.25, 0.3) is 0 Å².